The molecule has 3 heterocycles. The highest BCUT2D eigenvalue weighted by Crippen LogP contribution is 2.42. The zero-order valence-corrected chi connectivity index (χ0v) is 19.8. The minimum atomic E-state index is -0.273. The molecule has 2 aromatic carbocycles. The van der Waals surface area contributed by atoms with Crippen molar-refractivity contribution in [2.24, 2.45) is 7.05 Å². The Bertz CT molecular complexity index is 1330. The molecule has 7 nitrogen and oxygen atoms in total. The first-order chi connectivity index (χ1) is 16.0. The van der Waals surface area contributed by atoms with Crippen LogP contribution >= 0.6 is 11.8 Å². The molecule has 0 radical (unpaired) electrons. The fourth-order valence-corrected chi connectivity index (χ4v) is 5.15. The second-order valence-electron chi connectivity index (χ2n) is 8.39. The molecule has 1 saturated heterocycles. The maximum absolute atomic E-state index is 12.3. The van der Waals surface area contributed by atoms with E-state index >= 15 is 0 Å². The Morgan fingerprint density at radius 1 is 1.03 bits per heavy atom. The largest absolute Gasteiger partial charge is 0.445 e. The van der Waals surface area contributed by atoms with Gasteiger partial charge in [-0.3, -0.25) is 4.57 Å². The first kappa shape index (κ1) is 21.7. The van der Waals surface area contributed by atoms with Crippen molar-refractivity contribution in [2.75, 3.05) is 13.2 Å². The molecule has 0 aliphatic carbocycles. The molecular formula is C25H26N4O3S. The maximum Gasteiger partial charge on any atom is 0.350 e. The molecule has 0 spiro atoms. The summed E-state index contributed by atoms with van der Waals surface area (Å²) in [6.07, 6.45) is 3.48. The predicted molar refractivity (Wildman–Crippen MR) is 126 cm³/mol. The van der Waals surface area contributed by atoms with E-state index in [0.29, 0.717) is 19.0 Å². The van der Waals surface area contributed by atoms with Crippen LogP contribution in [0.4, 0.5) is 0 Å². The van der Waals surface area contributed by atoms with Crippen molar-refractivity contribution in [2.45, 2.75) is 41.9 Å². The summed E-state index contributed by atoms with van der Waals surface area (Å²) in [7, 11) is 1.73. The number of benzene rings is 2. The van der Waals surface area contributed by atoms with E-state index in [1.807, 2.05) is 38.1 Å². The van der Waals surface area contributed by atoms with E-state index in [-0.39, 0.29) is 11.1 Å². The van der Waals surface area contributed by atoms with E-state index in [1.54, 1.807) is 25.0 Å². The van der Waals surface area contributed by atoms with Gasteiger partial charge in [0.25, 0.3) is 0 Å². The van der Waals surface area contributed by atoms with E-state index in [4.69, 9.17) is 9.15 Å². The van der Waals surface area contributed by atoms with Gasteiger partial charge in [-0.05, 0) is 68.7 Å². The van der Waals surface area contributed by atoms with E-state index < -0.39 is 0 Å². The lowest BCUT2D eigenvalue weighted by Gasteiger charge is -2.35. The second kappa shape index (κ2) is 8.68. The summed E-state index contributed by atoms with van der Waals surface area (Å²) in [4.78, 5) is 19.2. The number of nitrogens with zero attached hydrogens (tertiary/aromatic N) is 4. The van der Waals surface area contributed by atoms with Crippen molar-refractivity contribution in [1.82, 2.24) is 19.3 Å². The van der Waals surface area contributed by atoms with E-state index in [1.165, 1.54) is 14.8 Å². The second-order valence-corrected chi connectivity index (χ2v) is 9.54. The molecule has 0 atom stereocenters. The van der Waals surface area contributed by atoms with Crippen molar-refractivity contribution in [1.29, 1.82) is 0 Å². The highest BCUT2D eigenvalue weighted by atomic mass is 32.2. The summed E-state index contributed by atoms with van der Waals surface area (Å²) >= 11 is 1.69. The number of ether oxygens (including phenoxy) is 1. The average Bonchev–Trinajstić information content (AvgIpc) is 3.39. The van der Waals surface area contributed by atoms with Crippen molar-refractivity contribution in [3.63, 3.8) is 0 Å². The molecule has 1 fully saturated rings. The SMILES string of the molecule is Cc1cnc(C2(c3cccc(Sc4ccc(-n5nc(C)n(C)c5=O)cc4)c3)CCOCC2)o1. The normalized spacial score (nSPS) is 15.6. The van der Waals surface area contributed by atoms with Crippen molar-refractivity contribution >= 4 is 11.8 Å². The Morgan fingerprint density at radius 2 is 1.79 bits per heavy atom. The number of rotatable bonds is 5. The molecule has 170 valence electrons. The van der Waals surface area contributed by atoms with Gasteiger partial charge in [-0.2, -0.15) is 9.78 Å². The number of oxazole rings is 1. The zero-order valence-electron chi connectivity index (χ0n) is 18.9. The first-order valence-electron chi connectivity index (χ1n) is 11.0. The van der Waals surface area contributed by atoms with Gasteiger partial charge in [0, 0.05) is 30.1 Å². The number of aryl methyl sites for hydroxylation is 2. The molecule has 0 N–H and O–H groups in total. The summed E-state index contributed by atoms with van der Waals surface area (Å²) in [6, 6.07) is 16.5. The minimum absolute atomic E-state index is 0.149. The monoisotopic (exact) mass is 462 g/mol. The summed E-state index contributed by atoms with van der Waals surface area (Å²) in [5.74, 6) is 2.27. The molecule has 33 heavy (non-hydrogen) atoms. The Balaban J connectivity index is 1.42. The van der Waals surface area contributed by atoms with Crippen LogP contribution in [-0.2, 0) is 17.2 Å². The van der Waals surface area contributed by atoms with Crippen LogP contribution in [0.1, 0.15) is 35.9 Å². The highest BCUT2D eigenvalue weighted by Gasteiger charge is 2.40. The lowest BCUT2D eigenvalue weighted by molar-refractivity contribution is 0.0541. The van der Waals surface area contributed by atoms with Crippen LogP contribution in [0.2, 0.25) is 0 Å². The van der Waals surface area contributed by atoms with Gasteiger partial charge in [-0.15, -0.1) is 0 Å². The Kier molecular flexibility index (Phi) is 5.72. The third kappa shape index (κ3) is 4.05. The fraction of sp³-hybridized carbons (Fsp3) is 0.320. The van der Waals surface area contributed by atoms with Crippen LogP contribution in [-0.4, -0.2) is 32.5 Å². The van der Waals surface area contributed by atoms with Crippen LogP contribution < -0.4 is 5.69 Å². The van der Waals surface area contributed by atoms with Gasteiger partial charge in [0.1, 0.15) is 11.6 Å². The molecular weight excluding hydrogens is 436 g/mol. The molecule has 1 aliphatic rings. The quantitative estimate of drug-likeness (QED) is 0.437. The predicted octanol–water partition coefficient (Wildman–Crippen LogP) is 4.42. The van der Waals surface area contributed by atoms with Gasteiger partial charge < -0.3 is 9.15 Å². The fourth-order valence-electron chi connectivity index (χ4n) is 4.27. The summed E-state index contributed by atoms with van der Waals surface area (Å²) in [5, 5.41) is 4.33. The summed E-state index contributed by atoms with van der Waals surface area (Å²) in [5.41, 5.74) is 1.53. The van der Waals surface area contributed by atoms with Gasteiger partial charge in [0.15, 0.2) is 0 Å². The molecule has 0 amide bonds. The van der Waals surface area contributed by atoms with Crippen molar-refractivity contribution in [3.8, 4) is 5.69 Å². The van der Waals surface area contributed by atoms with Crippen molar-refractivity contribution < 1.29 is 9.15 Å². The molecule has 0 bridgehead atoms. The minimum Gasteiger partial charge on any atom is -0.445 e. The van der Waals surface area contributed by atoms with Crippen LogP contribution in [0.15, 0.2) is 73.7 Å². The van der Waals surface area contributed by atoms with Gasteiger partial charge in [-0.1, -0.05) is 23.9 Å². The molecule has 1 aliphatic heterocycles. The Morgan fingerprint density at radius 3 is 2.42 bits per heavy atom. The van der Waals surface area contributed by atoms with Crippen LogP contribution in [0.3, 0.4) is 0 Å². The van der Waals surface area contributed by atoms with Crippen LogP contribution in [0, 0.1) is 13.8 Å². The zero-order chi connectivity index (χ0) is 23.0. The lowest BCUT2D eigenvalue weighted by atomic mass is 9.74. The number of hydrogen-bond donors (Lipinski definition) is 0. The van der Waals surface area contributed by atoms with Gasteiger partial charge >= 0.3 is 5.69 Å². The number of aromatic nitrogens is 4. The number of hydrogen-bond acceptors (Lipinski definition) is 6. The van der Waals surface area contributed by atoms with Gasteiger partial charge in [0.2, 0.25) is 5.89 Å². The lowest BCUT2D eigenvalue weighted by Crippen LogP contribution is -2.35. The third-order valence-corrected chi connectivity index (χ3v) is 7.28. The van der Waals surface area contributed by atoms with Crippen LogP contribution in [0.5, 0.6) is 0 Å². The molecule has 8 heteroatoms. The molecule has 0 unspecified atom stereocenters. The van der Waals surface area contributed by atoms with Gasteiger partial charge in [0.05, 0.1) is 17.3 Å². The first-order valence-corrected chi connectivity index (χ1v) is 11.8. The van der Waals surface area contributed by atoms with Crippen molar-refractivity contribution in [3.05, 3.63) is 88.3 Å². The molecule has 0 saturated carbocycles. The van der Waals surface area contributed by atoms with Gasteiger partial charge in [-0.25, -0.2) is 9.78 Å². The van der Waals surface area contributed by atoms with Crippen LogP contribution in [0.25, 0.3) is 5.69 Å². The summed E-state index contributed by atoms with van der Waals surface area (Å²) in [6.45, 7) is 5.12. The third-order valence-electron chi connectivity index (χ3n) is 6.28. The smallest absolute Gasteiger partial charge is 0.350 e. The Hall–Kier alpha value is -3.10. The average molecular weight is 463 g/mol. The highest BCUT2D eigenvalue weighted by molar-refractivity contribution is 7.99. The Labute approximate surface area is 196 Å². The van der Waals surface area contributed by atoms with E-state index in [2.05, 4.69) is 34.3 Å². The topological polar surface area (TPSA) is 75.1 Å². The molecule has 5 rings (SSSR count). The maximum atomic E-state index is 12.3. The molecule has 4 aromatic rings. The van der Waals surface area contributed by atoms with E-state index in [0.717, 1.165) is 40.0 Å². The standard InChI is InChI=1S/C25H26N4O3S/c1-17-16-26-23(32-17)25(11-13-31-14-12-25)19-5-4-6-22(15-19)33-21-9-7-20(8-10-21)29-24(30)28(3)18(2)27-29/h4-10,15-16H,11-14H2,1-3H3. The van der Waals surface area contributed by atoms with E-state index in [9.17, 15) is 4.79 Å². The molecule has 2 aromatic heterocycles. The summed E-state index contributed by atoms with van der Waals surface area (Å²) < 4.78 is 14.6.